The summed E-state index contributed by atoms with van der Waals surface area (Å²) in [7, 11) is -5.03. The van der Waals surface area contributed by atoms with E-state index in [0.29, 0.717) is 41.8 Å². The molecule has 0 radical (unpaired) electrons. The fourth-order valence-corrected chi connectivity index (χ4v) is 8.65. The molecule has 2 amide bonds. The third-order valence-electron chi connectivity index (χ3n) is 7.22. The summed E-state index contributed by atoms with van der Waals surface area (Å²) < 4.78 is 33.3. The summed E-state index contributed by atoms with van der Waals surface area (Å²) in [5, 5.41) is 5.84. The van der Waals surface area contributed by atoms with Gasteiger partial charge in [-0.1, -0.05) is 0 Å². The summed E-state index contributed by atoms with van der Waals surface area (Å²) in [6, 6.07) is 14.3. The van der Waals surface area contributed by atoms with Crippen LogP contribution in [0.1, 0.15) is 70.4 Å². The molecular weight excluding hydrogens is 507 g/mol. The zero-order valence-electron chi connectivity index (χ0n) is 22.3. The summed E-state index contributed by atoms with van der Waals surface area (Å²) in [6.45, 7) is 6.77. The van der Waals surface area contributed by atoms with Gasteiger partial charge in [-0.25, -0.2) is 0 Å². The van der Waals surface area contributed by atoms with Crippen LogP contribution in [0.5, 0.6) is 0 Å². The SMILES string of the molecule is CCCCOP1(OCCCC)(OCCCC)OC2(C(=O)Nc3ccccc32)C2(O1)C(=O)Nc1ccccc12. The third-order valence-corrected chi connectivity index (χ3v) is 10.2. The number of carbonyl (C=O) groups excluding carboxylic acids is 2. The first-order chi connectivity index (χ1) is 18.4. The van der Waals surface area contributed by atoms with Gasteiger partial charge in [0.1, 0.15) is 0 Å². The molecule has 2 aromatic carbocycles. The number of amides is 2. The van der Waals surface area contributed by atoms with Crippen LogP contribution in [-0.4, -0.2) is 31.6 Å². The standard InChI is InChI=1S/C28H37N2O7P/c1-4-7-18-33-38(34-19-8-5-2,35-20-9-6-3)36-27(21-14-10-12-16-23(21)29-25(27)31)28(37-38)22-15-11-13-17-24(22)30-26(28)32/h10-17H,4-9,18-20H2,1-3H3,(H,29,31)(H,30,32). The molecule has 3 aliphatic rings. The van der Waals surface area contributed by atoms with Crippen LogP contribution in [0.25, 0.3) is 0 Å². The molecule has 2 atom stereocenters. The van der Waals surface area contributed by atoms with E-state index in [1.54, 1.807) is 36.4 Å². The molecule has 1 saturated heterocycles. The zero-order valence-corrected chi connectivity index (χ0v) is 23.2. The molecule has 0 aliphatic carbocycles. The van der Waals surface area contributed by atoms with Crippen molar-refractivity contribution in [3.8, 4) is 0 Å². The Morgan fingerprint density at radius 3 is 1.39 bits per heavy atom. The van der Waals surface area contributed by atoms with Gasteiger partial charge in [0.05, 0.1) is 0 Å². The summed E-state index contributed by atoms with van der Waals surface area (Å²) in [4.78, 5) is 28.3. The molecule has 0 saturated carbocycles. The first-order valence-corrected chi connectivity index (χ1v) is 15.4. The molecule has 0 aromatic heterocycles. The molecule has 2 aromatic rings. The van der Waals surface area contributed by atoms with E-state index in [2.05, 4.69) is 10.6 Å². The number of hydrogen-bond acceptors (Lipinski definition) is 7. The van der Waals surface area contributed by atoms with Gasteiger partial charge in [-0.3, -0.25) is 0 Å². The predicted molar refractivity (Wildman–Crippen MR) is 145 cm³/mol. The number of benzene rings is 2. The van der Waals surface area contributed by atoms with E-state index in [1.807, 2.05) is 32.9 Å². The Balaban J connectivity index is 1.79. The summed E-state index contributed by atoms with van der Waals surface area (Å²) in [5.74, 6) is -1.07. The van der Waals surface area contributed by atoms with Gasteiger partial charge in [0.25, 0.3) is 0 Å². The zero-order chi connectivity index (χ0) is 26.9. The number of hydrogen-bond donors (Lipinski definition) is 2. The Bertz CT molecular complexity index is 1120. The normalized spacial score (nSPS) is 27.1. The van der Waals surface area contributed by atoms with Crippen molar-refractivity contribution in [1.82, 2.24) is 0 Å². The van der Waals surface area contributed by atoms with Crippen molar-refractivity contribution >= 4 is 30.9 Å². The molecule has 38 heavy (non-hydrogen) atoms. The Kier molecular flexibility index (Phi) is 7.37. The van der Waals surface area contributed by atoms with Crippen LogP contribution < -0.4 is 10.6 Å². The van der Waals surface area contributed by atoms with Crippen molar-refractivity contribution < 1.29 is 32.2 Å². The van der Waals surface area contributed by atoms with Crippen LogP contribution in [0, 0.1) is 0 Å². The van der Waals surface area contributed by atoms with Gasteiger partial charge in [0.2, 0.25) is 0 Å². The van der Waals surface area contributed by atoms with Gasteiger partial charge in [0.15, 0.2) is 0 Å². The molecule has 206 valence electrons. The van der Waals surface area contributed by atoms with E-state index < -0.39 is 30.8 Å². The quantitative estimate of drug-likeness (QED) is 0.238. The average Bonchev–Trinajstić information content (AvgIpc) is 3.47. The first-order valence-electron chi connectivity index (χ1n) is 13.6. The van der Waals surface area contributed by atoms with Gasteiger partial charge in [-0.2, -0.15) is 0 Å². The summed E-state index contributed by atoms with van der Waals surface area (Å²) in [6.07, 6.45) is 4.59. The van der Waals surface area contributed by atoms with E-state index >= 15 is 0 Å². The van der Waals surface area contributed by atoms with Crippen molar-refractivity contribution in [3.05, 3.63) is 59.7 Å². The minimum atomic E-state index is -5.03. The number of nitrogens with one attached hydrogen (secondary N) is 2. The molecule has 10 heteroatoms. The second kappa shape index (κ2) is 10.3. The molecular formula is C28H37N2O7P. The molecule has 3 aliphatic heterocycles. The van der Waals surface area contributed by atoms with Crippen molar-refractivity contribution in [3.63, 3.8) is 0 Å². The van der Waals surface area contributed by atoms with E-state index in [0.717, 1.165) is 19.3 Å². The van der Waals surface area contributed by atoms with Crippen LogP contribution in [0.3, 0.4) is 0 Å². The molecule has 2 unspecified atom stereocenters. The van der Waals surface area contributed by atoms with Crippen LogP contribution in [0.4, 0.5) is 11.4 Å². The third kappa shape index (κ3) is 3.91. The number of rotatable bonds is 12. The van der Waals surface area contributed by atoms with E-state index in [-0.39, 0.29) is 19.8 Å². The summed E-state index contributed by atoms with van der Waals surface area (Å²) in [5.41, 5.74) is -1.87. The number of carbonyl (C=O) groups is 2. The predicted octanol–water partition coefficient (Wildman–Crippen LogP) is 6.31. The molecule has 9 nitrogen and oxygen atoms in total. The van der Waals surface area contributed by atoms with Gasteiger partial charge < -0.3 is 0 Å². The maximum atomic E-state index is 14.1. The molecule has 1 fully saturated rings. The van der Waals surface area contributed by atoms with Crippen molar-refractivity contribution in [1.29, 1.82) is 0 Å². The molecule has 2 spiro atoms. The Labute approximate surface area is 223 Å². The van der Waals surface area contributed by atoms with Gasteiger partial charge in [0, 0.05) is 0 Å². The molecule has 2 N–H and O–H groups in total. The first kappa shape index (κ1) is 27.2. The number of unbranched alkanes of at least 4 members (excludes halogenated alkanes) is 3. The Morgan fingerprint density at radius 1 is 0.658 bits per heavy atom. The van der Waals surface area contributed by atoms with Crippen molar-refractivity contribution in [2.45, 2.75) is 70.5 Å². The molecule has 5 rings (SSSR count). The van der Waals surface area contributed by atoms with E-state index in [4.69, 9.17) is 22.6 Å². The van der Waals surface area contributed by atoms with Crippen molar-refractivity contribution in [2.75, 3.05) is 30.5 Å². The molecule has 3 heterocycles. The minimum absolute atomic E-state index is 0.214. The molecule has 0 bridgehead atoms. The van der Waals surface area contributed by atoms with E-state index in [1.165, 1.54) is 0 Å². The van der Waals surface area contributed by atoms with Crippen LogP contribution in [-0.2, 0) is 43.4 Å². The fraction of sp³-hybridized carbons (Fsp3) is 0.500. The van der Waals surface area contributed by atoms with E-state index in [9.17, 15) is 9.59 Å². The summed E-state index contributed by atoms with van der Waals surface area (Å²) >= 11 is 0. The second-order valence-corrected chi connectivity index (χ2v) is 12.5. The fourth-order valence-electron chi connectivity index (χ4n) is 5.28. The van der Waals surface area contributed by atoms with Crippen LogP contribution in [0.2, 0.25) is 0 Å². The number of para-hydroxylation sites is 2. The monoisotopic (exact) mass is 544 g/mol. The average molecular weight is 545 g/mol. The maximum absolute atomic E-state index is 14.1. The Hall–Kier alpha value is -2.39. The van der Waals surface area contributed by atoms with Gasteiger partial charge in [-0.15, -0.1) is 0 Å². The van der Waals surface area contributed by atoms with Crippen LogP contribution >= 0.6 is 7.74 Å². The second-order valence-electron chi connectivity index (χ2n) is 9.85. The number of fused-ring (bicyclic) bond motifs is 5. The topological polar surface area (TPSA) is 104 Å². The van der Waals surface area contributed by atoms with Crippen molar-refractivity contribution in [2.24, 2.45) is 0 Å². The van der Waals surface area contributed by atoms with Gasteiger partial charge >= 0.3 is 224 Å². The van der Waals surface area contributed by atoms with Gasteiger partial charge in [-0.05, 0) is 0 Å². The van der Waals surface area contributed by atoms with Crippen LogP contribution in [0.15, 0.2) is 48.5 Å². The number of anilines is 2. The Morgan fingerprint density at radius 2 is 1.03 bits per heavy atom.